The molecule has 1 atom stereocenters. The molecule has 0 saturated heterocycles. The first kappa shape index (κ1) is 11.1. The van der Waals surface area contributed by atoms with E-state index in [0.717, 1.165) is 0 Å². The molecule has 0 heterocycles. The number of thiol groups is 1. The molecule has 0 aliphatic heterocycles. The molecule has 0 amide bonds. The van der Waals surface area contributed by atoms with Gasteiger partial charge in [0.1, 0.15) is 0 Å². The van der Waals surface area contributed by atoms with Gasteiger partial charge < -0.3 is 10.2 Å². The molecule has 7 heavy (non-hydrogen) atoms. The van der Waals surface area contributed by atoms with Crippen LogP contribution in [-0.4, -0.2) is 28.7 Å². The average molecular weight is 131 g/mol. The molecule has 0 aromatic rings. The normalized spacial score (nSPS) is 12.4. The van der Waals surface area contributed by atoms with Gasteiger partial charge in [-0.2, -0.15) is 12.6 Å². The molecule has 0 bridgehead atoms. The summed E-state index contributed by atoms with van der Waals surface area (Å²) in [6, 6.07) is 0. The third-order valence-corrected chi connectivity index (χ3v) is 0.843. The average Bonchev–Trinajstić information content (AvgIpc) is 1.65. The van der Waals surface area contributed by atoms with Gasteiger partial charge in [-0.25, -0.2) is 0 Å². The molecular formula is C3H8NaO2S+. The number of hydrogen-bond acceptors (Lipinski definition) is 3. The second-order valence-corrected chi connectivity index (χ2v) is 1.38. The van der Waals surface area contributed by atoms with E-state index in [2.05, 4.69) is 12.6 Å². The van der Waals surface area contributed by atoms with Crippen molar-refractivity contribution in [2.45, 2.75) is 6.10 Å². The molecule has 0 radical (unpaired) electrons. The molecule has 0 fully saturated rings. The maximum Gasteiger partial charge on any atom is 1.00 e. The Morgan fingerprint density at radius 1 is 1.57 bits per heavy atom. The Bertz CT molecular complexity index is 32.1. The minimum Gasteiger partial charge on any atom is -0.394 e. The monoisotopic (exact) mass is 131 g/mol. The van der Waals surface area contributed by atoms with Crippen LogP contribution in [0.3, 0.4) is 0 Å². The van der Waals surface area contributed by atoms with E-state index in [1.807, 2.05) is 0 Å². The van der Waals surface area contributed by atoms with Gasteiger partial charge >= 0.3 is 29.6 Å². The van der Waals surface area contributed by atoms with E-state index in [9.17, 15) is 0 Å². The van der Waals surface area contributed by atoms with Crippen molar-refractivity contribution in [2.75, 3.05) is 12.4 Å². The largest absolute Gasteiger partial charge is 1.00 e. The van der Waals surface area contributed by atoms with Gasteiger partial charge in [-0.1, -0.05) is 0 Å². The first-order chi connectivity index (χ1) is 2.81. The van der Waals surface area contributed by atoms with Crippen molar-refractivity contribution in [1.29, 1.82) is 0 Å². The second kappa shape index (κ2) is 7.27. The minimum atomic E-state index is -0.645. The molecule has 0 rings (SSSR count). The molecule has 2 N–H and O–H groups in total. The fourth-order valence-electron chi connectivity index (χ4n) is 0.0577. The van der Waals surface area contributed by atoms with E-state index in [4.69, 9.17) is 10.2 Å². The summed E-state index contributed by atoms with van der Waals surface area (Å²) in [4.78, 5) is 0. The summed E-state index contributed by atoms with van der Waals surface area (Å²) in [6.45, 7) is -0.191. The van der Waals surface area contributed by atoms with Crippen LogP contribution in [0.1, 0.15) is 0 Å². The molecule has 0 aliphatic carbocycles. The van der Waals surface area contributed by atoms with E-state index in [1.54, 1.807) is 0 Å². The van der Waals surface area contributed by atoms with Gasteiger partial charge in [0.15, 0.2) is 0 Å². The number of aliphatic hydroxyl groups is 2. The standard InChI is InChI=1S/C3H8O2S.Na/c4-1-3(5)2-6;/h3-6H,1-2H2;/q;+1. The van der Waals surface area contributed by atoms with Gasteiger partial charge in [-0.15, -0.1) is 0 Å². The zero-order chi connectivity index (χ0) is 4.99. The Morgan fingerprint density at radius 3 is 2.00 bits per heavy atom. The number of rotatable bonds is 2. The van der Waals surface area contributed by atoms with E-state index in [-0.39, 0.29) is 36.2 Å². The van der Waals surface area contributed by atoms with Crippen LogP contribution < -0.4 is 29.6 Å². The van der Waals surface area contributed by atoms with Crippen LogP contribution in [-0.2, 0) is 0 Å². The Kier molecular flexibility index (Phi) is 11.5. The molecule has 1 unspecified atom stereocenters. The predicted molar refractivity (Wildman–Crippen MR) is 26.9 cm³/mol. The zero-order valence-electron chi connectivity index (χ0n) is 4.33. The molecule has 38 valence electrons. The first-order valence-electron chi connectivity index (χ1n) is 1.71. The minimum absolute atomic E-state index is 0. The Labute approximate surface area is 70.6 Å². The van der Waals surface area contributed by atoms with Crippen LogP contribution in [0.2, 0.25) is 0 Å². The van der Waals surface area contributed by atoms with Gasteiger partial charge in [0.05, 0.1) is 12.7 Å². The Hall–Kier alpha value is 1.27. The fraction of sp³-hybridized carbons (Fsp3) is 1.00. The molecule has 0 aliphatic rings. The van der Waals surface area contributed by atoms with E-state index in [1.165, 1.54) is 0 Å². The molecule has 0 saturated carbocycles. The van der Waals surface area contributed by atoms with Gasteiger partial charge in [0.2, 0.25) is 0 Å². The summed E-state index contributed by atoms with van der Waals surface area (Å²) in [5.41, 5.74) is 0. The van der Waals surface area contributed by atoms with Crippen molar-refractivity contribution >= 4 is 12.6 Å². The van der Waals surface area contributed by atoms with Crippen LogP contribution in [0.5, 0.6) is 0 Å². The van der Waals surface area contributed by atoms with Gasteiger partial charge in [0.25, 0.3) is 0 Å². The molecule has 2 nitrogen and oxygen atoms in total. The first-order valence-corrected chi connectivity index (χ1v) is 2.34. The Morgan fingerprint density at radius 2 is 2.00 bits per heavy atom. The summed E-state index contributed by atoms with van der Waals surface area (Å²) < 4.78 is 0. The topological polar surface area (TPSA) is 40.5 Å². The third kappa shape index (κ3) is 7.27. The van der Waals surface area contributed by atoms with Crippen LogP contribution in [0.25, 0.3) is 0 Å². The van der Waals surface area contributed by atoms with Gasteiger partial charge in [-0.05, 0) is 0 Å². The summed E-state index contributed by atoms with van der Waals surface area (Å²) in [6.07, 6.45) is -0.645. The molecule has 0 aromatic heterocycles. The van der Waals surface area contributed by atoms with E-state index < -0.39 is 6.10 Å². The molecule has 0 aromatic carbocycles. The predicted octanol–water partition coefficient (Wildman–Crippen LogP) is -3.73. The second-order valence-electron chi connectivity index (χ2n) is 1.02. The zero-order valence-corrected chi connectivity index (χ0v) is 7.23. The maximum atomic E-state index is 8.34. The van der Waals surface area contributed by atoms with Crippen LogP contribution >= 0.6 is 12.6 Å². The van der Waals surface area contributed by atoms with Crippen molar-refractivity contribution < 1.29 is 39.8 Å². The summed E-state index contributed by atoms with van der Waals surface area (Å²) in [5.74, 6) is 0.330. The maximum absolute atomic E-state index is 8.34. The van der Waals surface area contributed by atoms with Crippen molar-refractivity contribution in [3.63, 3.8) is 0 Å². The molecular weight excluding hydrogens is 123 g/mol. The molecule has 4 heteroatoms. The summed E-state index contributed by atoms with van der Waals surface area (Å²) in [7, 11) is 0. The number of hydrogen-bond donors (Lipinski definition) is 3. The smallest absolute Gasteiger partial charge is 0.394 e. The summed E-state index contributed by atoms with van der Waals surface area (Å²) in [5, 5.41) is 16.4. The van der Waals surface area contributed by atoms with Gasteiger partial charge in [-0.3, -0.25) is 0 Å². The van der Waals surface area contributed by atoms with E-state index in [0.29, 0.717) is 5.75 Å². The SMILES string of the molecule is OCC(O)CS.[Na+]. The van der Waals surface area contributed by atoms with Crippen molar-refractivity contribution in [3.05, 3.63) is 0 Å². The van der Waals surface area contributed by atoms with E-state index >= 15 is 0 Å². The van der Waals surface area contributed by atoms with Crippen molar-refractivity contribution in [3.8, 4) is 0 Å². The van der Waals surface area contributed by atoms with Gasteiger partial charge in [0, 0.05) is 5.75 Å². The quantitative estimate of drug-likeness (QED) is 0.266. The van der Waals surface area contributed by atoms with Crippen molar-refractivity contribution in [2.24, 2.45) is 0 Å². The van der Waals surface area contributed by atoms with Crippen LogP contribution in [0.4, 0.5) is 0 Å². The van der Waals surface area contributed by atoms with Crippen molar-refractivity contribution in [1.82, 2.24) is 0 Å². The third-order valence-electron chi connectivity index (χ3n) is 0.421. The number of aliphatic hydroxyl groups excluding tert-OH is 2. The Balaban J connectivity index is 0. The fourth-order valence-corrected chi connectivity index (χ4v) is 0.173. The van der Waals surface area contributed by atoms with Crippen LogP contribution in [0.15, 0.2) is 0 Å². The molecule has 0 spiro atoms. The van der Waals surface area contributed by atoms with Crippen LogP contribution in [0, 0.1) is 0 Å². The summed E-state index contributed by atoms with van der Waals surface area (Å²) >= 11 is 3.69.